The van der Waals surface area contributed by atoms with Crippen molar-refractivity contribution in [3.63, 3.8) is 0 Å². The molecule has 0 saturated carbocycles. The van der Waals surface area contributed by atoms with E-state index in [0.29, 0.717) is 6.42 Å². The molecule has 0 radical (unpaired) electrons. The van der Waals surface area contributed by atoms with Crippen LogP contribution in [0.1, 0.15) is 26.2 Å². The fraction of sp³-hybridized carbons (Fsp3) is 0.211. The van der Waals surface area contributed by atoms with E-state index in [4.69, 9.17) is 4.98 Å². The molecule has 122 valence electrons. The van der Waals surface area contributed by atoms with Crippen LogP contribution in [0.3, 0.4) is 0 Å². The Bertz CT molecular complexity index is 814. The second-order valence-electron chi connectivity index (χ2n) is 5.51. The van der Waals surface area contributed by atoms with E-state index in [1.807, 2.05) is 41.8 Å². The van der Waals surface area contributed by atoms with E-state index < -0.39 is 0 Å². The fourth-order valence-electron chi connectivity index (χ4n) is 2.35. The van der Waals surface area contributed by atoms with Gasteiger partial charge in [0.1, 0.15) is 5.01 Å². The van der Waals surface area contributed by atoms with Crippen molar-refractivity contribution in [1.29, 1.82) is 0 Å². The molecular formula is C19H19N3OS. The predicted octanol–water partition coefficient (Wildman–Crippen LogP) is 5.00. The van der Waals surface area contributed by atoms with Gasteiger partial charge in [-0.3, -0.25) is 9.78 Å². The molecule has 5 heteroatoms. The van der Waals surface area contributed by atoms with Crippen LogP contribution >= 0.6 is 11.3 Å². The van der Waals surface area contributed by atoms with Crippen molar-refractivity contribution in [1.82, 2.24) is 9.97 Å². The summed E-state index contributed by atoms with van der Waals surface area (Å²) in [6.45, 7) is 2.08. The molecule has 0 unspecified atom stereocenters. The largest absolute Gasteiger partial charge is 0.326 e. The second kappa shape index (κ2) is 7.84. The number of pyridine rings is 1. The molecule has 3 rings (SSSR count). The first kappa shape index (κ1) is 16.3. The molecule has 0 bridgehead atoms. The lowest BCUT2D eigenvalue weighted by Crippen LogP contribution is -2.10. The van der Waals surface area contributed by atoms with Crippen LogP contribution in [0.25, 0.3) is 21.8 Å². The van der Waals surface area contributed by atoms with Crippen LogP contribution in [0.5, 0.6) is 0 Å². The van der Waals surface area contributed by atoms with Crippen molar-refractivity contribution in [2.75, 3.05) is 5.32 Å². The van der Waals surface area contributed by atoms with Gasteiger partial charge in [-0.1, -0.05) is 25.5 Å². The highest BCUT2D eigenvalue weighted by Gasteiger charge is 2.08. The molecule has 0 saturated heterocycles. The number of hydrogen-bond acceptors (Lipinski definition) is 4. The summed E-state index contributed by atoms with van der Waals surface area (Å²) in [5.74, 6) is 0.0600. The van der Waals surface area contributed by atoms with Crippen molar-refractivity contribution in [2.45, 2.75) is 26.2 Å². The Morgan fingerprint density at radius 1 is 1.17 bits per heavy atom. The molecule has 0 aliphatic rings. The topological polar surface area (TPSA) is 54.9 Å². The molecule has 0 aliphatic heterocycles. The van der Waals surface area contributed by atoms with Crippen molar-refractivity contribution in [2.24, 2.45) is 0 Å². The second-order valence-corrected chi connectivity index (χ2v) is 6.36. The summed E-state index contributed by atoms with van der Waals surface area (Å²) in [7, 11) is 0. The number of nitrogens with zero attached hydrogens (tertiary/aromatic N) is 2. The highest BCUT2D eigenvalue weighted by atomic mass is 32.1. The van der Waals surface area contributed by atoms with E-state index in [1.165, 1.54) is 0 Å². The van der Waals surface area contributed by atoms with Gasteiger partial charge in [-0.15, -0.1) is 11.3 Å². The number of hydrogen-bond donors (Lipinski definition) is 1. The summed E-state index contributed by atoms with van der Waals surface area (Å²) >= 11 is 1.60. The number of carbonyl (C=O) groups is 1. The third-order valence-electron chi connectivity index (χ3n) is 3.63. The van der Waals surface area contributed by atoms with Crippen molar-refractivity contribution in [3.05, 3.63) is 54.2 Å². The minimum absolute atomic E-state index is 0.0600. The molecule has 1 amide bonds. The van der Waals surface area contributed by atoms with Crippen LogP contribution in [0.2, 0.25) is 0 Å². The highest BCUT2D eigenvalue weighted by molar-refractivity contribution is 7.13. The molecule has 2 aromatic heterocycles. The summed E-state index contributed by atoms with van der Waals surface area (Å²) in [5.41, 5.74) is 3.79. The Kier molecular flexibility index (Phi) is 5.33. The zero-order chi connectivity index (χ0) is 16.8. The van der Waals surface area contributed by atoms with Crippen LogP contribution in [0.4, 0.5) is 5.69 Å². The number of benzene rings is 1. The molecule has 1 aromatic carbocycles. The van der Waals surface area contributed by atoms with Crippen LogP contribution in [-0.4, -0.2) is 15.9 Å². The van der Waals surface area contributed by atoms with Crippen molar-refractivity contribution < 1.29 is 4.79 Å². The first-order valence-corrected chi connectivity index (χ1v) is 8.90. The van der Waals surface area contributed by atoms with Crippen LogP contribution < -0.4 is 5.32 Å². The Morgan fingerprint density at radius 3 is 2.79 bits per heavy atom. The first-order valence-electron chi connectivity index (χ1n) is 8.02. The molecule has 0 spiro atoms. The summed E-state index contributed by atoms with van der Waals surface area (Å²) < 4.78 is 0. The predicted molar refractivity (Wildman–Crippen MR) is 98.9 cm³/mol. The normalized spacial score (nSPS) is 10.5. The van der Waals surface area contributed by atoms with E-state index in [0.717, 1.165) is 40.4 Å². The molecular weight excluding hydrogens is 318 g/mol. The number of carbonyl (C=O) groups excluding carboxylic acids is 1. The molecule has 24 heavy (non-hydrogen) atoms. The summed E-state index contributed by atoms with van der Waals surface area (Å²) in [6.07, 6.45) is 6.02. The smallest absolute Gasteiger partial charge is 0.224 e. The van der Waals surface area contributed by atoms with Crippen LogP contribution in [0, 0.1) is 0 Å². The number of thiazole rings is 1. The third kappa shape index (κ3) is 4.06. The quantitative estimate of drug-likeness (QED) is 0.688. The minimum Gasteiger partial charge on any atom is -0.326 e. The van der Waals surface area contributed by atoms with Crippen molar-refractivity contribution >= 4 is 22.9 Å². The molecule has 3 aromatic rings. The third-order valence-corrected chi connectivity index (χ3v) is 4.52. The van der Waals surface area contributed by atoms with Gasteiger partial charge in [-0.25, -0.2) is 4.98 Å². The Morgan fingerprint density at radius 2 is 2.00 bits per heavy atom. The van der Waals surface area contributed by atoms with Crippen molar-refractivity contribution in [3.8, 4) is 21.8 Å². The van der Waals surface area contributed by atoms with Gasteiger partial charge in [0.25, 0.3) is 0 Å². The zero-order valence-electron chi connectivity index (χ0n) is 13.5. The average molecular weight is 337 g/mol. The lowest BCUT2D eigenvalue weighted by molar-refractivity contribution is -0.116. The maximum absolute atomic E-state index is 11.9. The minimum atomic E-state index is 0.0600. The van der Waals surface area contributed by atoms with E-state index >= 15 is 0 Å². The number of nitrogens with one attached hydrogen (secondary N) is 1. The Hall–Kier alpha value is -2.53. The van der Waals surface area contributed by atoms with Crippen LogP contribution in [-0.2, 0) is 4.79 Å². The number of aromatic nitrogens is 2. The Balaban J connectivity index is 1.77. The average Bonchev–Trinajstić information content (AvgIpc) is 3.11. The molecule has 0 aliphatic carbocycles. The maximum atomic E-state index is 11.9. The van der Waals surface area contributed by atoms with E-state index in [-0.39, 0.29) is 5.91 Å². The monoisotopic (exact) mass is 337 g/mol. The standard InChI is InChI=1S/C19H19N3OS/c1-2-3-7-18(23)21-16-6-4-5-15(12-16)17-13-24-19(22-17)14-8-10-20-11-9-14/h4-6,8-13H,2-3,7H2,1H3,(H,21,23). The lowest BCUT2D eigenvalue weighted by atomic mass is 10.1. The van der Waals surface area contributed by atoms with Gasteiger partial charge in [0.2, 0.25) is 5.91 Å². The Labute approximate surface area is 145 Å². The molecule has 4 nitrogen and oxygen atoms in total. The highest BCUT2D eigenvalue weighted by Crippen LogP contribution is 2.29. The van der Waals surface area contributed by atoms with Gasteiger partial charge >= 0.3 is 0 Å². The van der Waals surface area contributed by atoms with E-state index in [9.17, 15) is 4.79 Å². The number of anilines is 1. The van der Waals surface area contributed by atoms with Gasteiger partial charge < -0.3 is 5.32 Å². The lowest BCUT2D eigenvalue weighted by Gasteiger charge is -2.06. The summed E-state index contributed by atoms with van der Waals surface area (Å²) in [4.78, 5) is 20.6. The van der Waals surface area contributed by atoms with Gasteiger partial charge in [0.05, 0.1) is 5.69 Å². The molecule has 0 atom stereocenters. The summed E-state index contributed by atoms with van der Waals surface area (Å²) in [5, 5.41) is 5.95. The van der Waals surface area contributed by atoms with Gasteiger partial charge in [-0.05, 0) is 30.7 Å². The van der Waals surface area contributed by atoms with Gasteiger partial charge in [-0.2, -0.15) is 0 Å². The maximum Gasteiger partial charge on any atom is 0.224 e. The number of rotatable bonds is 6. The first-order chi connectivity index (χ1) is 11.8. The number of unbranched alkanes of at least 4 members (excludes halogenated alkanes) is 1. The fourth-order valence-corrected chi connectivity index (χ4v) is 3.19. The number of amides is 1. The van der Waals surface area contributed by atoms with Crippen LogP contribution in [0.15, 0.2) is 54.2 Å². The molecule has 0 fully saturated rings. The van der Waals surface area contributed by atoms with E-state index in [1.54, 1.807) is 23.7 Å². The van der Waals surface area contributed by atoms with E-state index in [2.05, 4.69) is 17.2 Å². The summed E-state index contributed by atoms with van der Waals surface area (Å²) in [6, 6.07) is 11.7. The SMILES string of the molecule is CCCCC(=O)Nc1cccc(-c2csc(-c3ccncc3)n2)c1. The van der Waals surface area contributed by atoms with Gasteiger partial charge in [0.15, 0.2) is 0 Å². The zero-order valence-corrected chi connectivity index (χ0v) is 14.3. The molecule has 1 N–H and O–H groups in total. The molecule has 2 heterocycles. The van der Waals surface area contributed by atoms with Gasteiger partial charge in [0, 0.05) is 41.0 Å².